The number of para-hydroxylation sites is 1. The summed E-state index contributed by atoms with van der Waals surface area (Å²) in [5, 5.41) is 9.14. The van der Waals surface area contributed by atoms with Crippen molar-refractivity contribution in [1.29, 1.82) is 0 Å². The number of nitrogens with two attached hydrogens (primary N) is 1. The third kappa shape index (κ3) is 4.32. The zero-order valence-electron chi connectivity index (χ0n) is 9.15. The van der Waals surface area contributed by atoms with Gasteiger partial charge in [-0.3, -0.25) is 0 Å². The van der Waals surface area contributed by atoms with Crippen LogP contribution in [0.2, 0.25) is 0 Å². The summed E-state index contributed by atoms with van der Waals surface area (Å²) in [4.78, 5) is 0. The maximum Gasteiger partial charge on any atom is 0.122 e. The minimum atomic E-state index is -0.437. The Kier molecular flexibility index (Phi) is 5.15. The molecule has 0 spiro atoms. The molecule has 1 atom stereocenters. The van der Waals surface area contributed by atoms with Crippen LogP contribution in [0.1, 0.15) is 18.9 Å². The van der Waals surface area contributed by atoms with Crippen molar-refractivity contribution in [1.82, 2.24) is 0 Å². The van der Waals surface area contributed by atoms with Crippen LogP contribution in [0.3, 0.4) is 0 Å². The Bertz CT molecular complexity index is 287. The first-order valence-electron chi connectivity index (χ1n) is 5.33. The molecule has 1 unspecified atom stereocenters. The first-order valence-corrected chi connectivity index (χ1v) is 5.33. The number of aliphatic hydroxyl groups excluding tert-OH is 1. The number of benzene rings is 1. The van der Waals surface area contributed by atoms with Crippen molar-refractivity contribution >= 4 is 0 Å². The summed E-state index contributed by atoms with van der Waals surface area (Å²) in [5.74, 6) is 0.854. The van der Waals surface area contributed by atoms with E-state index in [1.165, 1.54) is 0 Å². The average molecular weight is 209 g/mol. The van der Waals surface area contributed by atoms with Crippen molar-refractivity contribution in [3.8, 4) is 5.75 Å². The molecular formula is C12H19NO2. The predicted octanol–water partition coefficient (Wildman–Crippen LogP) is 1.34. The van der Waals surface area contributed by atoms with Crippen molar-refractivity contribution < 1.29 is 9.84 Å². The SMILES string of the molecule is CC(O)COc1ccccc1CCCN. The van der Waals surface area contributed by atoms with Crippen LogP contribution in [-0.4, -0.2) is 24.4 Å². The number of ether oxygens (including phenoxy) is 1. The molecule has 0 amide bonds. The van der Waals surface area contributed by atoms with Crippen LogP contribution in [0.25, 0.3) is 0 Å². The number of hydrogen-bond donors (Lipinski definition) is 2. The molecule has 0 aromatic heterocycles. The van der Waals surface area contributed by atoms with E-state index in [-0.39, 0.29) is 0 Å². The van der Waals surface area contributed by atoms with E-state index in [9.17, 15) is 0 Å². The fourth-order valence-corrected chi connectivity index (χ4v) is 1.35. The lowest BCUT2D eigenvalue weighted by Crippen LogP contribution is -2.13. The monoisotopic (exact) mass is 209 g/mol. The Morgan fingerprint density at radius 3 is 2.80 bits per heavy atom. The van der Waals surface area contributed by atoms with Gasteiger partial charge in [0.15, 0.2) is 0 Å². The zero-order chi connectivity index (χ0) is 11.1. The highest BCUT2D eigenvalue weighted by atomic mass is 16.5. The van der Waals surface area contributed by atoms with Crippen LogP contribution in [0.4, 0.5) is 0 Å². The zero-order valence-corrected chi connectivity index (χ0v) is 9.15. The largest absolute Gasteiger partial charge is 0.491 e. The normalized spacial score (nSPS) is 12.5. The summed E-state index contributed by atoms with van der Waals surface area (Å²) in [6.07, 6.45) is 1.44. The Labute approximate surface area is 90.9 Å². The molecule has 1 aromatic carbocycles. The Morgan fingerprint density at radius 1 is 1.40 bits per heavy atom. The molecule has 0 saturated carbocycles. The van der Waals surface area contributed by atoms with Crippen molar-refractivity contribution in [2.45, 2.75) is 25.9 Å². The van der Waals surface area contributed by atoms with Gasteiger partial charge in [-0.05, 0) is 37.9 Å². The third-order valence-electron chi connectivity index (χ3n) is 2.10. The van der Waals surface area contributed by atoms with Gasteiger partial charge in [0.2, 0.25) is 0 Å². The number of rotatable bonds is 6. The first kappa shape index (κ1) is 12.0. The summed E-state index contributed by atoms with van der Waals surface area (Å²) in [5.41, 5.74) is 6.62. The second-order valence-electron chi connectivity index (χ2n) is 3.66. The lowest BCUT2D eigenvalue weighted by Gasteiger charge is -2.12. The minimum absolute atomic E-state index is 0.333. The molecule has 0 heterocycles. The molecule has 0 saturated heterocycles. The summed E-state index contributed by atoms with van der Waals surface area (Å²) in [6, 6.07) is 7.88. The van der Waals surface area contributed by atoms with E-state index < -0.39 is 6.10 Å². The molecule has 3 N–H and O–H groups in total. The summed E-state index contributed by atoms with van der Waals surface area (Å²) < 4.78 is 5.50. The van der Waals surface area contributed by atoms with E-state index >= 15 is 0 Å². The van der Waals surface area contributed by atoms with Crippen molar-refractivity contribution in [2.24, 2.45) is 5.73 Å². The standard InChI is InChI=1S/C12H19NO2/c1-10(14)9-15-12-7-3-2-5-11(12)6-4-8-13/h2-3,5,7,10,14H,4,6,8-9,13H2,1H3. The molecule has 0 aliphatic rings. The van der Waals surface area contributed by atoms with Crippen LogP contribution in [0.15, 0.2) is 24.3 Å². The van der Waals surface area contributed by atoms with Gasteiger partial charge in [0.25, 0.3) is 0 Å². The van der Waals surface area contributed by atoms with Crippen LogP contribution in [-0.2, 0) is 6.42 Å². The average Bonchev–Trinajstić information content (AvgIpc) is 2.24. The van der Waals surface area contributed by atoms with Gasteiger partial charge in [0.05, 0.1) is 6.10 Å². The second-order valence-corrected chi connectivity index (χ2v) is 3.66. The van der Waals surface area contributed by atoms with Crippen LogP contribution < -0.4 is 10.5 Å². The van der Waals surface area contributed by atoms with Gasteiger partial charge in [0, 0.05) is 0 Å². The lowest BCUT2D eigenvalue weighted by molar-refractivity contribution is 0.122. The topological polar surface area (TPSA) is 55.5 Å². The van der Waals surface area contributed by atoms with Crippen LogP contribution in [0.5, 0.6) is 5.75 Å². The lowest BCUT2D eigenvalue weighted by atomic mass is 10.1. The third-order valence-corrected chi connectivity index (χ3v) is 2.10. The van der Waals surface area contributed by atoms with Gasteiger partial charge in [-0.15, -0.1) is 0 Å². The Hall–Kier alpha value is -1.06. The molecule has 1 rings (SSSR count). The fraction of sp³-hybridized carbons (Fsp3) is 0.500. The van der Waals surface area contributed by atoms with Crippen molar-refractivity contribution in [3.63, 3.8) is 0 Å². The molecular weight excluding hydrogens is 190 g/mol. The highest BCUT2D eigenvalue weighted by Crippen LogP contribution is 2.19. The van der Waals surface area contributed by atoms with E-state index in [1.807, 2.05) is 24.3 Å². The van der Waals surface area contributed by atoms with Gasteiger partial charge in [-0.25, -0.2) is 0 Å². The quantitative estimate of drug-likeness (QED) is 0.743. The molecule has 0 aliphatic carbocycles. The molecule has 84 valence electrons. The predicted molar refractivity (Wildman–Crippen MR) is 61.0 cm³/mol. The molecule has 0 aliphatic heterocycles. The summed E-state index contributed by atoms with van der Waals surface area (Å²) in [7, 11) is 0. The van der Waals surface area contributed by atoms with Crippen LogP contribution >= 0.6 is 0 Å². The maximum absolute atomic E-state index is 9.14. The van der Waals surface area contributed by atoms with E-state index in [4.69, 9.17) is 15.6 Å². The van der Waals surface area contributed by atoms with E-state index in [0.717, 1.165) is 24.2 Å². The van der Waals surface area contributed by atoms with Crippen molar-refractivity contribution in [2.75, 3.05) is 13.2 Å². The van der Waals surface area contributed by atoms with Gasteiger partial charge in [-0.2, -0.15) is 0 Å². The number of hydrogen-bond acceptors (Lipinski definition) is 3. The van der Waals surface area contributed by atoms with Crippen LogP contribution in [0, 0.1) is 0 Å². The van der Waals surface area contributed by atoms with E-state index in [0.29, 0.717) is 13.2 Å². The molecule has 3 nitrogen and oxygen atoms in total. The second kappa shape index (κ2) is 6.43. The smallest absolute Gasteiger partial charge is 0.122 e. The first-order chi connectivity index (χ1) is 7.24. The molecule has 0 bridgehead atoms. The molecule has 0 fully saturated rings. The van der Waals surface area contributed by atoms with Gasteiger partial charge in [-0.1, -0.05) is 18.2 Å². The van der Waals surface area contributed by atoms with Crippen molar-refractivity contribution in [3.05, 3.63) is 29.8 Å². The summed E-state index contributed by atoms with van der Waals surface area (Å²) >= 11 is 0. The number of aryl methyl sites for hydroxylation is 1. The van der Waals surface area contributed by atoms with Gasteiger partial charge >= 0.3 is 0 Å². The van der Waals surface area contributed by atoms with E-state index in [1.54, 1.807) is 6.92 Å². The molecule has 0 radical (unpaired) electrons. The molecule has 1 aromatic rings. The highest BCUT2D eigenvalue weighted by Gasteiger charge is 2.03. The highest BCUT2D eigenvalue weighted by molar-refractivity contribution is 5.33. The number of aliphatic hydroxyl groups is 1. The van der Waals surface area contributed by atoms with Gasteiger partial charge < -0.3 is 15.6 Å². The molecule has 15 heavy (non-hydrogen) atoms. The summed E-state index contributed by atoms with van der Waals surface area (Å²) in [6.45, 7) is 2.73. The Balaban J connectivity index is 2.59. The minimum Gasteiger partial charge on any atom is -0.491 e. The Morgan fingerprint density at radius 2 is 2.13 bits per heavy atom. The van der Waals surface area contributed by atoms with E-state index in [2.05, 4.69) is 0 Å². The molecule has 3 heteroatoms. The van der Waals surface area contributed by atoms with Gasteiger partial charge in [0.1, 0.15) is 12.4 Å². The fourth-order valence-electron chi connectivity index (χ4n) is 1.35. The maximum atomic E-state index is 9.14.